The second-order valence-electron chi connectivity index (χ2n) is 6.30. The van der Waals surface area contributed by atoms with Crippen molar-refractivity contribution in [2.45, 2.75) is 18.7 Å². The topological polar surface area (TPSA) is 7.12 Å². The van der Waals surface area contributed by atoms with E-state index in [1.807, 2.05) is 13.0 Å². The van der Waals surface area contributed by atoms with Gasteiger partial charge in [-0.3, -0.25) is 0 Å². The lowest BCUT2D eigenvalue weighted by molar-refractivity contribution is -0.644. The van der Waals surface area contributed by atoms with Crippen LogP contribution in [0.1, 0.15) is 18.1 Å². The van der Waals surface area contributed by atoms with Crippen LogP contribution in [0, 0.1) is 12.7 Å². The maximum atomic E-state index is 14.0. The number of halogens is 2. The van der Waals surface area contributed by atoms with Gasteiger partial charge in [-0.15, -0.1) is 0 Å². The summed E-state index contributed by atoms with van der Waals surface area (Å²) in [6.07, 6.45) is 4.30. The van der Waals surface area contributed by atoms with Gasteiger partial charge in [0.1, 0.15) is 12.9 Å². The van der Waals surface area contributed by atoms with Crippen LogP contribution in [0.5, 0.6) is 0 Å². The molecule has 0 spiro atoms. The molecule has 0 atom stereocenters. The summed E-state index contributed by atoms with van der Waals surface area (Å²) in [6.45, 7) is 4.73. The van der Waals surface area contributed by atoms with E-state index in [1.165, 1.54) is 16.5 Å². The van der Waals surface area contributed by atoms with Crippen LogP contribution in [-0.2, 0) is 7.05 Å². The number of fused-ring (bicyclic) bond motifs is 2. The third-order valence-electron chi connectivity index (χ3n) is 4.68. The first-order chi connectivity index (χ1) is 12.1. The third kappa shape index (κ3) is 3.22. The monoisotopic (exact) mass is 478 g/mol. The molecule has 134 valence electrons. The molecule has 26 heavy (non-hydrogen) atoms. The second-order valence-corrected chi connectivity index (χ2v) is 7.36. The van der Waals surface area contributed by atoms with E-state index in [-0.39, 0.29) is 29.8 Å². The smallest absolute Gasteiger partial charge is 0.212 e. The summed E-state index contributed by atoms with van der Waals surface area (Å²) in [5.41, 5.74) is 4.04. The molecule has 1 aromatic heterocycles. The highest BCUT2D eigenvalue weighted by atomic mass is 127. The number of hydrogen-bond donors (Lipinski definition) is 0. The van der Waals surface area contributed by atoms with Crippen LogP contribution in [0.4, 0.5) is 10.1 Å². The molecule has 0 N–H and O–H groups in total. The van der Waals surface area contributed by atoms with Gasteiger partial charge in [0.25, 0.3) is 0 Å². The lowest BCUT2D eigenvalue weighted by Gasteiger charge is -2.18. The number of pyridine rings is 1. The van der Waals surface area contributed by atoms with Crippen LogP contribution < -0.4 is 33.4 Å². The van der Waals surface area contributed by atoms with E-state index in [0.29, 0.717) is 5.56 Å². The van der Waals surface area contributed by atoms with Gasteiger partial charge in [-0.05, 0) is 49.2 Å². The van der Waals surface area contributed by atoms with Gasteiger partial charge in [-0.2, -0.15) is 0 Å². The molecule has 3 aromatic rings. The zero-order valence-corrected chi connectivity index (χ0v) is 17.9. The number of aromatic nitrogens is 1. The molecule has 1 aliphatic heterocycles. The van der Waals surface area contributed by atoms with E-state index in [1.54, 1.807) is 17.8 Å². The first-order valence-electron chi connectivity index (χ1n) is 8.43. The summed E-state index contributed by atoms with van der Waals surface area (Å²) in [4.78, 5) is 3.31. The molecule has 0 fully saturated rings. The Hall–Kier alpha value is -1.60. The molecule has 0 saturated heterocycles. The molecule has 1 aliphatic rings. The largest absolute Gasteiger partial charge is 1.00 e. The Morgan fingerprint density at radius 3 is 2.73 bits per heavy atom. The Bertz CT molecular complexity index is 1020. The van der Waals surface area contributed by atoms with E-state index in [2.05, 4.69) is 66.0 Å². The van der Waals surface area contributed by atoms with Crippen molar-refractivity contribution in [1.82, 2.24) is 0 Å². The molecule has 0 radical (unpaired) electrons. The fraction of sp³-hybridized carbons (Fsp3) is 0.190. The van der Waals surface area contributed by atoms with Gasteiger partial charge < -0.3 is 28.9 Å². The fourth-order valence-electron chi connectivity index (χ4n) is 3.30. The van der Waals surface area contributed by atoms with Crippen molar-refractivity contribution < 1.29 is 32.9 Å². The lowest BCUT2D eigenvalue weighted by Crippen LogP contribution is -3.00. The molecular formula is C21H20FIN2S. The van der Waals surface area contributed by atoms with Crippen molar-refractivity contribution >= 4 is 34.4 Å². The molecule has 2 nitrogen and oxygen atoms in total. The van der Waals surface area contributed by atoms with Crippen LogP contribution in [0.25, 0.3) is 17.0 Å². The van der Waals surface area contributed by atoms with E-state index < -0.39 is 0 Å². The van der Waals surface area contributed by atoms with Crippen molar-refractivity contribution in [2.75, 3.05) is 11.4 Å². The zero-order chi connectivity index (χ0) is 17.6. The highest BCUT2D eigenvalue weighted by molar-refractivity contribution is 8.03. The van der Waals surface area contributed by atoms with E-state index >= 15 is 0 Å². The Morgan fingerprint density at radius 2 is 1.96 bits per heavy atom. The Labute approximate surface area is 174 Å². The fourth-order valence-corrected chi connectivity index (χ4v) is 4.56. The summed E-state index contributed by atoms with van der Waals surface area (Å²) in [5.74, 6) is -0.142. The van der Waals surface area contributed by atoms with Crippen LogP contribution in [-0.4, -0.2) is 6.54 Å². The first-order valence-corrected chi connectivity index (χ1v) is 9.24. The molecule has 4 rings (SSSR count). The quantitative estimate of drug-likeness (QED) is 0.412. The van der Waals surface area contributed by atoms with Crippen LogP contribution in [0.2, 0.25) is 0 Å². The molecule has 0 aliphatic carbocycles. The molecule has 2 heterocycles. The highest BCUT2D eigenvalue weighted by Gasteiger charge is 2.25. The van der Waals surface area contributed by atoms with Crippen LogP contribution >= 0.6 is 11.8 Å². The Morgan fingerprint density at radius 1 is 1.19 bits per heavy atom. The number of benzene rings is 2. The number of aryl methyl sites for hydroxylation is 2. The summed E-state index contributed by atoms with van der Waals surface area (Å²) >= 11 is 1.71. The zero-order valence-electron chi connectivity index (χ0n) is 15.0. The molecule has 5 heteroatoms. The number of rotatable bonds is 2. The molecule has 0 unspecified atom stereocenters. The predicted molar refractivity (Wildman–Crippen MR) is 103 cm³/mol. The number of nitrogens with zero attached hydrogens (tertiary/aromatic N) is 2. The van der Waals surface area contributed by atoms with Gasteiger partial charge in [-0.25, -0.2) is 8.96 Å². The van der Waals surface area contributed by atoms with Crippen molar-refractivity contribution in [3.8, 4) is 0 Å². The van der Waals surface area contributed by atoms with Crippen molar-refractivity contribution in [3.05, 3.63) is 70.6 Å². The van der Waals surface area contributed by atoms with Gasteiger partial charge in [-0.1, -0.05) is 23.9 Å². The Kier molecular flexibility index (Phi) is 5.58. The highest BCUT2D eigenvalue weighted by Crippen LogP contribution is 2.47. The maximum absolute atomic E-state index is 14.0. The van der Waals surface area contributed by atoms with Gasteiger partial charge in [0.15, 0.2) is 6.20 Å². The summed E-state index contributed by atoms with van der Waals surface area (Å²) in [7, 11) is 2.06. The van der Waals surface area contributed by atoms with E-state index in [9.17, 15) is 4.39 Å². The van der Waals surface area contributed by atoms with Crippen molar-refractivity contribution in [2.24, 2.45) is 7.05 Å². The minimum atomic E-state index is -0.142. The van der Waals surface area contributed by atoms with Gasteiger partial charge in [0.05, 0.1) is 16.1 Å². The third-order valence-corrected chi connectivity index (χ3v) is 5.77. The predicted octanol–water partition coefficient (Wildman–Crippen LogP) is 2.05. The van der Waals surface area contributed by atoms with Crippen LogP contribution in [0.3, 0.4) is 0 Å². The number of hydrogen-bond acceptors (Lipinski definition) is 2. The Balaban J connectivity index is 0.00000196. The molecular weight excluding hydrogens is 458 g/mol. The van der Waals surface area contributed by atoms with Crippen molar-refractivity contribution in [1.29, 1.82) is 0 Å². The molecule has 2 aromatic carbocycles. The summed E-state index contributed by atoms with van der Waals surface area (Å²) in [5, 5.41) is 2.36. The SMILES string of the molecule is CCN1/C(=C/c2cc[n+](C)c3ccccc23)Sc2cc(C)c(F)cc21.[I-]. The normalized spacial score (nSPS) is 14.6. The number of thioether (sulfide) groups is 1. The average molecular weight is 478 g/mol. The van der Waals surface area contributed by atoms with Gasteiger partial charge in [0.2, 0.25) is 5.52 Å². The molecule has 0 bridgehead atoms. The molecule has 0 amide bonds. The summed E-state index contributed by atoms with van der Waals surface area (Å²) in [6, 6.07) is 14.1. The average Bonchev–Trinajstić information content (AvgIpc) is 2.94. The van der Waals surface area contributed by atoms with Gasteiger partial charge in [0, 0.05) is 23.6 Å². The standard InChI is InChI=1S/C21H20FN2S.HI/c1-4-24-19-13-17(22)14(2)11-20(19)25-21(24)12-15-9-10-23(3)18-8-6-5-7-16(15)18;/h5-13H,4H2,1-3H3;1H/q+1;/p-1. The van der Waals surface area contributed by atoms with E-state index in [0.717, 1.165) is 22.2 Å². The van der Waals surface area contributed by atoms with Crippen LogP contribution in [0.15, 0.2) is 58.6 Å². The first kappa shape index (κ1) is 19.2. The molecule has 0 saturated carbocycles. The second kappa shape index (κ2) is 7.56. The minimum absolute atomic E-state index is 0. The summed E-state index contributed by atoms with van der Waals surface area (Å²) < 4.78 is 16.2. The number of para-hydroxylation sites is 1. The van der Waals surface area contributed by atoms with Gasteiger partial charge >= 0.3 is 0 Å². The lowest BCUT2D eigenvalue weighted by atomic mass is 10.1. The minimum Gasteiger partial charge on any atom is -1.00 e. The van der Waals surface area contributed by atoms with Crippen molar-refractivity contribution in [3.63, 3.8) is 0 Å². The number of anilines is 1. The van der Waals surface area contributed by atoms with E-state index in [4.69, 9.17) is 0 Å². The maximum Gasteiger partial charge on any atom is 0.212 e.